The molecule has 0 saturated heterocycles. The van der Waals surface area contributed by atoms with E-state index in [9.17, 15) is 23.7 Å². The van der Waals surface area contributed by atoms with Crippen molar-refractivity contribution in [3.63, 3.8) is 0 Å². The van der Waals surface area contributed by atoms with Gasteiger partial charge in [-0.25, -0.2) is 8.78 Å². The summed E-state index contributed by atoms with van der Waals surface area (Å²) in [7, 11) is 1.11. The molecule has 0 bridgehead atoms. The molecule has 0 saturated carbocycles. The average molecular weight is 262 g/mol. The van der Waals surface area contributed by atoms with Crippen LogP contribution in [0.5, 0.6) is 5.88 Å². The van der Waals surface area contributed by atoms with Gasteiger partial charge in [-0.1, -0.05) is 0 Å². The van der Waals surface area contributed by atoms with Gasteiger partial charge < -0.3 is 20.0 Å². The van der Waals surface area contributed by atoms with E-state index in [0.717, 1.165) is 13.2 Å². The van der Waals surface area contributed by atoms with Crippen LogP contribution >= 0.6 is 0 Å². The van der Waals surface area contributed by atoms with Crippen LogP contribution in [0.15, 0.2) is 6.07 Å². The first kappa shape index (κ1) is 13.7. The first-order valence-electron chi connectivity index (χ1n) is 4.59. The van der Waals surface area contributed by atoms with E-state index in [1.807, 2.05) is 0 Å². The lowest BCUT2D eigenvalue weighted by atomic mass is 10.1. The van der Waals surface area contributed by atoms with Crippen LogP contribution < -0.4 is 4.74 Å². The molecule has 0 atom stereocenters. The minimum absolute atomic E-state index is 0.147. The minimum Gasteiger partial charge on any atom is -0.481 e. The summed E-state index contributed by atoms with van der Waals surface area (Å²) in [6.45, 7) is 0. The molecule has 1 rings (SSSR count). The lowest BCUT2D eigenvalue weighted by Crippen LogP contribution is -2.08. The number of aliphatic carboxylic acids is 1. The monoisotopic (exact) mass is 262 g/mol. The van der Waals surface area contributed by atoms with Crippen molar-refractivity contribution in [1.82, 2.24) is 4.98 Å². The number of pyridine rings is 1. The summed E-state index contributed by atoms with van der Waals surface area (Å²) < 4.78 is 29.9. The van der Waals surface area contributed by atoms with Crippen LogP contribution in [-0.4, -0.2) is 28.1 Å². The van der Waals surface area contributed by atoms with Gasteiger partial charge in [-0.15, -0.1) is 0 Å². The fraction of sp³-hybridized carbons (Fsp3) is 0.333. The van der Waals surface area contributed by atoms with Gasteiger partial charge in [0.15, 0.2) is 0 Å². The molecule has 18 heavy (non-hydrogen) atoms. The molecule has 9 heteroatoms. The second-order valence-electron chi connectivity index (χ2n) is 3.20. The highest BCUT2D eigenvalue weighted by Gasteiger charge is 2.28. The summed E-state index contributed by atoms with van der Waals surface area (Å²) in [6, 6.07) is 0.725. The van der Waals surface area contributed by atoms with Crippen LogP contribution in [0, 0.1) is 10.1 Å². The number of alkyl halides is 2. The van der Waals surface area contributed by atoms with E-state index in [-0.39, 0.29) is 11.4 Å². The van der Waals surface area contributed by atoms with Gasteiger partial charge in [-0.3, -0.25) is 4.79 Å². The first-order chi connectivity index (χ1) is 8.36. The number of nitro groups is 1. The fourth-order valence-corrected chi connectivity index (χ4v) is 1.32. The highest BCUT2D eigenvalue weighted by atomic mass is 19.3. The van der Waals surface area contributed by atoms with Crippen molar-refractivity contribution >= 4 is 11.8 Å². The highest BCUT2D eigenvalue weighted by Crippen LogP contribution is 2.32. The number of halogens is 2. The number of carboxylic acid groups (broad SMARTS) is 1. The van der Waals surface area contributed by atoms with Crippen LogP contribution in [0.3, 0.4) is 0 Å². The number of hydrogen-bond donors (Lipinski definition) is 1. The molecule has 1 N–H and O–H groups in total. The van der Waals surface area contributed by atoms with Crippen LogP contribution in [0.4, 0.5) is 14.6 Å². The van der Waals surface area contributed by atoms with Crippen LogP contribution in [0.1, 0.15) is 17.6 Å². The predicted octanol–water partition coefficient (Wildman–Crippen LogP) is 1.56. The van der Waals surface area contributed by atoms with E-state index in [1.165, 1.54) is 0 Å². The summed E-state index contributed by atoms with van der Waals surface area (Å²) in [4.78, 5) is 23.3. The van der Waals surface area contributed by atoms with E-state index in [4.69, 9.17) is 5.11 Å². The first-order valence-corrected chi connectivity index (χ1v) is 4.59. The Bertz CT molecular complexity index is 492. The zero-order valence-electron chi connectivity index (χ0n) is 9.09. The molecule has 1 aromatic rings. The number of nitrogens with zero attached hydrogens (tertiary/aromatic N) is 2. The van der Waals surface area contributed by atoms with Crippen LogP contribution in [0.25, 0.3) is 0 Å². The Morgan fingerprint density at radius 1 is 1.67 bits per heavy atom. The maximum atomic E-state index is 12.6. The normalized spacial score (nSPS) is 10.4. The molecule has 0 radical (unpaired) electrons. The summed E-state index contributed by atoms with van der Waals surface area (Å²) in [5.41, 5.74) is -1.08. The molecule has 0 fully saturated rings. The molecule has 0 unspecified atom stereocenters. The smallest absolute Gasteiger partial charge is 0.376 e. The molecule has 0 aromatic carbocycles. The van der Waals surface area contributed by atoms with Crippen molar-refractivity contribution in [1.29, 1.82) is 0 Å². The Kier molecular flexibility index (Phi) is 4.08. The number of rotatable bonds is 5. The molecule has 0 amide bonds. The molecule has 1 aromatic heterocycles. The van der Waals surface area contributed by atoms with E-state index < -0.39 is 35.1 Å². The predicted molar refractivity (Wildman–Crippen MR) is 53.7 cm³/mol. The molecule has 7 nitrogen and oxygen atoms in total. The second kappa shape index (κ2) is 5.34. The van der Waals surface area contributed by atoms with Crippen molar-refractivity contribution < 1.29 is 28.3 Å². The molecule has 0 aliphatic carbocycles. The molecular formula is C9H8F2N2O5. The SMILES string of the molecule is COc1nc([N+](=O)[O-])c(C(F)F)cc1CC(=O)O. The van der Waals surface area contributed by atoms with E-state index >= 15 is 0 Å². The van der Waals surface area contributed by atoms with Gasteiger partial charge >= 0.3 is 17.7 Å². The Hall–Kier alpha value is -2.32. The van der Waals surface area contributed by atoms with Gasteiger partial charge in [0.25, 0.3) is 6.43 Å². The Labute approximate surface area is 99.2 Å². The number of aromatic nitrogens is 1. The quantitative estimate of drug-likeness (QED) is 0.638. The van der Waals surface area contributed by atoms with Crippen molar-refractivity contribution in [2.45, 2.75) is 12.8 Å². The number of carboxylic acids is 1. The van der Waals surface area contributed by atoms with Gasteiger partial charge in [-0.2, -0.15) is 0 Å². The zero-order valence-corrected chi connectivity index (χ0v) is 9.09. The van der Waals surface area contributed by atoms with Crippen LogP contribution in [-0.2, 0) is 11.2 Å². The Morgan fingerprint density at radius 2 is 2.28 bits per heavy atom. The zero-order chi connectivity index (χ0) is 13.9. The van der Waals surface area contributed by atoms with E-state index in [2.05, 4.69) is 9.72 Å². The highest BCUT2D eigenvalue weighted by molar-refractivity contribution is 5.71. The number of methoxy groups -OCH3 is 1. The molecule has 0 spiro atoms. The third-order valence-electron chi connectivity index (χ3n) is 2.01. The van der Waals surface area contributed by atoms with Crippen molar-refractivity contribution in [3.05, 3.63) is 27.3 Å². The lowest BCUT2D eigenvalue weighted by Gasteiger charge is -2.06. The summed E-state index contributed by atoms with van der Waals surface area (Å²) >= 11 is 0. The van der Waals surface area contributed by atoms with Gasteiger partial charge in [0.05, 0.1) is 19.1 Å². The number of carbonyl (C=O) groups is 1. The third-order valence-corrected chi connectivity index (χ3v) is 2.01. The standard InChI is InChI=1S/C9H8F2N2O5/c1-18-9-4(3-6(14)15)2-5(7(10)11)8(12-9)13(16)17/h2,7H,3H2,1H3,(H,14,15). The number of hydrogen-bond acceptors (Lipinski definition) is 5. The molecule has 0 aliphatic rings. The summed E-state index contributed by atoms with van der Waals surface area (Å²) in [6.07, 6.45) is -3.75. The largest absolute Gasteiger partial charge is 0.481 e. The van der Waals surface area contributed by atoms with E-state index in [1.54, 1.807) is 0 Å². The van der Waals surface area contributed by atoms with Gasteiger partial charge in [0.1, 0.15) is 5.56 Å². The Morgan fingerprint density at radius 3 is 2.67 bits per heavy atom. The maximum Gasteiger partial charge on any atom is 0.376 e. The second-order valence-corrected chi connectivity index (χ2v) is 3.20. The Balaban J connectivity index is 3.41. The third kappa shape index (κ3) is 2.87. The van der Waals surface area contributed by atoms with Gasteiger partial charge in [0.2, 0.25) is 0 Å². The van der Waals surface area contributed by atoms with Crippen molar-refractivity contribution in [3.8, 4) is 5.88 Å². The lowest BCUT2D eigenvalue weighted by molar-refractivity contribution is -0.391. The van der Waals surface area contributed by atoms with Gasteiger partial charge in [-0.05, 0) is 11.0 Å². The molecular weight excluding hydrogens is 254 g/mol. The minimum atomic E-state index is -3.13. The van der Waals surface area contributed by atoms with Crippen LogP contribution in [0.2, 0.25) is 0 Å². The molecule has 98 valence electrons. The van der Waals surface area contributed by atoms with Gasteiger partial charge in [0, 0.05) is 4.98 Å². The summed E-state index contributed by atoms with van der Waals surface area (Å²) in [5, 5.41) is 19.2. The fourth-order valence-electron chi connectivity index (χ4n) is 1.32. The molecule has 0 aliphatic heterocycles. The van der Waals surface area contributed by atoms with Crippen molar-refractivity contribution in [2.75, 3.05) is 7.11 Å². The van der Waals surface area contributed by atoms with E-state index in [0.29, 0.717) is 0 Å². The summed E-state index contributed by atoms with van der Waals surface area (Å²) in [5.74, 6) is -2.69. The number of ether oxygens (including phenoxy) is 1. The average Bonchev–Trinajstić information content (AvgIpc) is 2.27. The topological polar surface area (TPSA) is 103 Å². The van der Waals surface area contributed by atoms with Crippen molar-refractivity contribution in [2.24, 2.45) is 0 Å². The molecule has 1 heterocycles. The maximum absolute atomic E-state index is 12.6.